The number of carbonyl (C=O) groups is 1. The molecule has 4 heteroatoms. The SMILES string of the molecule is CC(C)CN(C(=O)CCC1CCNCC1)C1CCCC1.Cl. The Morgan fingerprint density at radius 1 is 1.14 bits per heavy atom. The normalized spacial score (nSPS) is 20.5. The molecule has 3 nitrogen and oxygen atoms in total. The number of nitrogens with one attached hydrogen (secondary N) is 1. The third kappa shape index (κ3) is 6.15. The van der Waals surface area contributed by atoms with Crippen molar-refractivity contribution in [3.63, 3.8) is 0 Å². The Bertz CT molecular complexity index is 297. The van der Waals surface area contributed by atoms with E-state index >= 15 is 0 Å². The smallest absolute Gasteiger partial charge is 0.222 e. The van der Waals surface area contributed by atoms with Gasteiger partial charge in [0.05, 0.1) is 0 Å². The van der Waals surface area contributed by atoms with Crippen LogP contribution < -0.4 is 5.32 Å². The second kappa shape index (κ2) is 9.68. The van der Waals surface area contributed by atoms with Crippen LogP contribution in [-0.4, -0.2) is 36.5 Å². The van der Waals surface area contributed by atoms with Gasteiger partial charge in [0.15, 0.2) is 0 Å². The van der Waals surface area contributed by atoms with Crippen LogP contribution in [0.25, 0.3) is 0 Å². The summed E-state index contributed by atoms with van der Waals surface area (Å²) in [5.74, 6) is 1.77. The van der Waals surface area contributed by atoms with Crippen LogP contribution >= 0.6 is 12.4 Å². The standard InChI is InChI=1S/C17H32N2O.ClH/c1-14(2)13-19(16-5-3-4-6-16)17(20)8-7-15-9-11-18-12-10-15;/h14-16,18H,3-13H2,1-2H3;1H. The predicted octanol–water partition coefficient (Wildman–Crippen LogP) is 3.62. The van der Waals surface area contributed by atoms with Gasteiger partial charge in [0.2, 0.25) is 5.91 Å². The molecular weight excluding hydrogens is 284 g/mol. The van der Waals surface area contributed by atoms with Crippen LogP contribution in [0, 0.1) is 11.8 Å². The average molecular weight is 317 g/mol. The zero-order valence-electron chi connectivity index (χ0n) is 13.8. The molecule has 124 valence electrons. The molecule has 0 radical (unpaired) electrons. The number of piperidine rings is 1. The van der Waals surface area contributed by atoms with Crippen molar-refractivity contribution in [2.24, 2.45) is 11.8 Å². The summed E-state index contributed by atoms with van der Waals surface area (Å²) in [7, 11) is 0. The lowest BCUT2D eigenvalue weighted by Gasteiger charge is -2.31. The third-order valence-electron chi connectivity index (χ3n) is 4.87. The summed E-state index contributed by atoms with van der Waals surface area (Å²) in [5.41, 5.74) is 0. The van der Waals surface area contributed by atoms with E-state index in [9.17, 15) is 4.79 Å². The van der Waals surface area contributed by atoms with Crippen molar-refractivity contribution < 1.29 is 4.79 Å². The van der Waals surface area contributed by atoms with Gasteiger partial charge in [-0.15, -0.1) is 12.4 Å². The lowest BCUT2D eigenvalue weighted by atomic mass is 9.93. The second-order valence-corrected chi connectivity index (χ2v) is 7.11. The maximum absolute atomic E-state index is 12.6. The molecule has 1 saturated heterocycles. The van der Waals surface area contributed by atoms with Crippen molar-refractivity contribution in [3.05, 3.63) is 0 Å². The van der Waals surface area contributed by atoms with Gasteiger partial charge in [0, 0.05) is 19.0 Å². The third-order valence-corrected chi connectivity index (χ3v) is 4.87. The summed E-state index contributed by atoms with van der Waals surface area (Å²) in [6.45, 7) is 7.67. The van der Waals surface area contributed by atoms with Gasteiger partial charge in [-0.1, -0.05) is 26.7 Å². The van der Waals surface area contributed by atoms with Crippen molar-refractivity contribution in [2.75, 3.05) is 19.6 Å². The highest BCUT2D eigenvalue weighted by Crippen LogP contribution is 2.26. The quantitative estimate of drug-likeness (QED) is 0.811. The van der Waals surface area contributed by atoms with E-state index < -0.39 is 0 Å². The lowest BCUT2D eigenvalue weighted by Crippen LogP contribution is -2.41. The number of carbonyl (C=O) groups excluding carboxylic acids is 1. The summed E-state index contributed by atoms with van der Waals surface area (Å²) in [4.78, 5) is 14.8. The maximum Gasteiger partial charge on any atom is 0.222 e. The molecule has 1 saturated carbocycles. The zero-order valence-corrected chi connectivity index (χ0v) is 14.6. The highest BCUT2D eigenvalue weighted by atomic mass is 35.5. The van der Waals surface area contributed by atoms with Crippen LogP contribution in [0.15, 0.2) is 0 Å². The molecule has 2 rings (SSSR count). The van der Waals surface area contributed by atoms with Gasteiger partial charge >= 0.3 is 0 Å². The van der Waals surface area contributed by atoms with Crippen LogP contribution in [-0.2, 0) is 4.79 Å². The molecule has 1 amide bonds. The summed E-state index contributed by atoms with van der Waals surface area (Å²) in [6, 6.07) is 0.540. The Balaban J connectivity index is 0.00000220. The van der Waals surface area contributed by atoms with E-state index in [1.165, 1.54) is 38.5 Å². The molecule has 0 aromatic heterocycles. The Kier molecular flexibility index (Phi) is 8.65. The Hall–Kier alpha value is -0.280. The number of rotatable bonds is 6. The van der Waals surface area contributed by atoms with Gasteiger partial charge in [-0.2, -0.15) is 0 Å². The number of amides is 1. The molecular formula is C17H33ClN2O. The number of hydrogen-bond acceptors (Lipinski definition) is 2. The van der Waals surface area contributed by atoms with Crippen LogP contribution in [0.1, 0.15) is 65.2 Å². The zero-order chi connectivity index (χ0) is 14.4. The molecule has 1 aliphatic carbocycles. The Labute approximate surface area is 136 Å². The van der Waals surface area contributed by atoms with Gasteiger partial charge < -0.3 is 10.2 Å². The fourth-order valence-corrected chi connectivity index (χ4v) is 3.71. The molecule has 0 aromatic carbocycles. The summed E-state index contributed by atoms with van der Waals surface area (Å²) >= 11 is 0. The predicted molar refractivity (Wildman–Crippen MR) is 90.9 cm³/mol. The number of halogens is 1. The minimum atomic E-state index is 0. The fourth-order valence-electron chi connectivity index (χ4n) is 3.71. The Morgan fingerprint density at radius 3 is 2.33 bits per heavy atom. The first kappa shape index (κ1) is 18.8. The number of nitrogens with zero attached hydrogens (tertiary/aromatic N) is 1. The van der Waals surface area contributed by atoms with Gasteiger partial charge in [0.25, 0.3) is 0 Å². The first-order valence-electron chi connectivity index (χ1n) is 8.67. The van der Waals surface area contributed by atoms with Crippen LogP contribution in [0.3, 0.4) is 0 Å². The van der Waals surface area contributed by atoms with Gasteiger partial charge in [-0.3, -0.25) is 4.79 Å². The van der Waals surface area contributed by atoms with Crippen LogP contribution in [0.4, 0.5) is 0 Å². The van der Waals surface area contributed by atoms with Gasteiger partial charge in [-0.25, -0.2) is 0 Å². The van der Waals surface area contributed by atoms with Crippen LogP contribution in [0.2, 0.25) is 0 Å². The fraction of sp³-hybridized carbons (Fsp3) is 0.941. The molecule has 0 atom stereocenters. The Morgan fingerprint density at radius 2 is 1.76 bits per heavy atom. The first-order valence-corrected chi connectivity index (χ1v) is 8.67. The minimum absolute atomic E-state index is 0. The van der Waals surface area contributed by atoms with Crippen molar-refractivity contribution in [1.82, 2.24) is 10.2 Å². The first-order chi connectivity index (χ1) is 9.66. The summed E-state index contributed by atoms with van der Waals surface area (Å²) in [6.07, 6.45) is 9.44. The summed E-state index contributed by atoms with van der Waals surface area (Å²) in [5, 5.41) is 3.40. The minimum Gasteiger partial charge on any atom is -0.339 e. The molecule has 1 heterocycles. The van der Waals surface area contributed by atoms with Crippen LogP contribution in [0.5, 0.6) is 0 Å². The molecule has 0 bridgehead atoms. The van der Waals surface area contributed by atoms with E-state index in [1.54, 1.807) is 0 Å². The molecule has 0 unspecified atom stereocenters. The second-order valence-electron chi connectivity index (χ2n) is 7.11. The largest absolute Gasteiger partial charge is 0.339 e. The maximum atomic E-state index is 12.6. The average Bonchev–Trinajstić information content (AvgIpc) is 2.97. The molecule has 0 aromatic rings. The van der Waals surface area contributed by atoms with E-state index in [0.717, 1.165) is 38.4 Å². The molecule has 1 N–H and O–H groups in total. The van der Waals surface area contributed by atoms with E-state index in [4.69, 9.17) is 0 Å². The lowest BCUT2D eigenvalue weighted by molar-refractivity contribution is -0.134. The summed E-state index contributed by atoms with van der Waals surface area (Å²) < 4.78 is 0. The molecule has 2 aliphatic rings. The highest BCUT2D eigenvalue weighted by molar-refractivity contribution is 5.85. The molecule has 1 aliphatic heterocycles. The van der Waals surface area contributed by atoms with Crippen molar-refractivity contribution in [3.8, 4) is 0 Å². The molecule has 2 fully saturated rings. The topological polar surface area (TPSA) is 32.3 Å². The number of hydrogen-bond donors (Lipinski definition) is 1. The monoisotopic (exact) mass is 316 g/mol. The molecule has 0 spiro atoms. The van der Waals surface area contributed by atoms with Gasteiger partial charge in [-0.05, 0) is 57.0 Å². The van der Waals surface area contributed by atoms with Crippen molar-refractivity contribution in [2.45, 2.75) is 71.3 Å². The van der Waals surface area contributed by atoms with E-state index in [2.05, 4.69) is 24.1 Å². The van der Waals surface area contributed by atoms with Crippen molar-refractivity contribution in [1.29, 1.82) is 0 Å². The van der Waals surface area contributed by atoms with Crippen molar-refractivity contribution >= 4 is 18.3 Å². The van der Waals surface area contributed by atoms with E-state index in [-0.39, 0.29) is 12.4 Å². The van der Waals surface area contributed by atoms with Gasteiger partial charge in [0.1, 0.15) is 0 Å². The molecule has 21 heavy (non-hydrogen) atoms. The van der Waals surface area contributed by atoms with E-state index in [1.807, 2.05) is 0 Å². The highest BCUT2D eigenvalue weighted by Gasteiger charge is 2.27. The van der Waals surface area contributed by atoms with E-state index in [0.29, 0.717) is 17.9 Å².